The van der Waals surface area contributed by atoms with Gasteiger partial charge in [-0.05, 0) is 44.7 Å². The molecule has 0 spiro atoms. The number of carbonyl (C=O) groups excluding carboxylic acids is 1. The predicted molar refractivity (Wildman–Crippen MR) is 122 cm³/mol. The van der Waals surface area contributed by atoms with E-state index in [1.54, 1.807) is 0 Å². The van der Waals surface area contributed by atoms with Crippen LogP contribution in [0.3, 0.4) is 0 Å². The van der Waals surface area contributed by atoms with E-state index in [-0.39, 0.29) is 5.78 Å². The fourth-order valence-corrected chi connectivity index (χ4v) is 4.34. The van der Waals surface area contributed by atoms with Gasteiger partial charge in [0.2, 0.25) is 0 Å². The molecule has 1 heterocycles. The number of hydrogen-bond acceptors (Lipinski definition) is 6. The zero-order valence-electron chi connectivity index (χ0n) is 18.5. The quantitative estimate of drug-likeness (QED) is 0.464. The van der Waals surface area contributed by atoms with Crippen LogP contribution in [-0.2, 0) is 0 Å². The third kappa shape index (κ3) is 4.22. The molecule has 0 aromatic heterocycles. The summed E-state index contributed by atoms with van der Waals surface area (Å²) in [4.78, 5) is 13.3. The van der Waals surface area contributed by atoms with Crippen molar-refractivity contribution in [2.45, 2.75) is 52.0 Å². The highest BCUT2D eigenvalue weighted by Gasteiger charge is 2.36. The van der Waals surface area contributed by atoms with Gasteiger partial charge in [0.25, 0.3) is 0 Å². The molecular formula is C25H32N2O4. The first kappa shape index (κ1) is 21.5. The first-order valence-corrected chi connectivity index (χ1v) is 11.4. The molecule has 1 saturated heterocycles. The Labute approximate surface area is 184 Å². The first-order chi connectivity index (χ1) is 15.2. The normalized spacial score (nSPS) is 16.8. The molecule has 31 heavy (non-hydrogen) atoms. The smallest absolute Gasteiger partial charge is 0.196 e. The second-order valence-electron chi connectivity index (χ2n) is 8.17. The average Bonchev–Trinajstić information content (AvgIpc) is 3.40. The molecule has 3 N–H and O–H groups in total. The molecule has 0 amide bonds. The summed E-state index contributed by atoms with van der Waals surface area (Å²) in [5.74, 6) is 1.72. The highest BCUT2D eigenvalue weighted by molar-refractivity contribution is 6.26. The Morgan fingerprint density at radius 3 is 2.42 bits per heavy atom. The summed E-state index contributed by atoms with van der Waals surface area (Å²) in [6.07, 6.45) is 5.05. The highest BCUT2D eigenvalue weighted by Crippen LogP contribution is 2.52. The number of ether oxygens (including phenoxy) is 3. The van der Waals surface area contributed by atoms with Gasteiger partial charge in [-0.3, -0.25) is 4.79 Å². The largest absolute Gasteiger partial charge is 0.493 e. The third-order valence-corrected chi connectivity index (χ3v) is 5.85. The maximum Gasteiger partial charge on any atom is 0.196 e. The van der Waals surface area contributed by atoms with Crippen molar-refractivity contribution in [1.82, 2.24) is 5.32 Å². The second kappa shape index (κ2) is 9.60. The Balaban J connectivity index is 1.72. The maximum absolute atomic E-state index is 13.3. The van der Waals surface area contributed by atoms with E-state index in [4.69, 9.17) is 19.9 Å². The summed E-state index contributed by atoms with van der Waals surface area (Å²) >= 11 is 0. The van der Waals surface area contributed by atoms with Crippen LogP contribution in [0.25, 0.3) is 11.1 Å². The lowest BCUT2D eigenvalue weighted by molar-refractivity contribution is 0.104. The standard InChI is InChI=1S/C25H32N2O4/c1-3-12-29-19-15-20(30-13-4-2)24(26)23-22(19)21-17(25(23)28)8-5-9-18(21)31-14-10-16-7-6-11-27-16/h5,8-9,15-16,27H,3-4,6-7,10-14,26H2,1-2H3. The number of carbonyl (C=O) groups is 1. The third-order valence-electron chi connectivity index (χ3n) is 5.85. The fraction of sp³-hybridized carbons (Fsp3) is 0.480. The van der Waals surface area contributed by atoms with E-state index in [2.05, 4.69) is 12.2 Å². The highest BCUT2D eigenvalue weighted by atomic mass is 16.5. The van der Waals surface area contributed by atoms with Crippen LogP contribution in [0.2, 0.25) is 0 Å². The molecule has 1 atom stereocenters. The van der Waals surface area contributed by atoms with Gasteiger partial charge in [0.05, 0.1) is 31.1 Å². The van der Waals surface area contributed by atoms with Gasteiger partial charge < -0.3 is 25.3 Å². The molecule has 4 rings (SSSR count). The van der Waals surface area contributed by atoms with Crippen molar-refractivity contribution in [3.05, 3.63) is 35.4 Å². The SMILES string of the molecule is CCCOc1cc(OCCC)c2c(c1N)C(=O)c1cccc(OCCC3CCCN3)c1-2. The van der Waals surface area contributed by atoms with Gasteiger partial charge in [-0.15, -0.1) is 0 Å². The van der Waals surface area contributed by atoms with E-state index in [0.29, 0.717) is 59.9 Å². The zero-order chi connectivity index (χ0) is 21.8. The van der Waals surface area contributed by atoms with Crippen LogP contribution >= 0.6 is 0 Å². The number of nitrogens with two attached hydrogens (primary N) is 1. The van der Waals surface area contributed by atoms with E-state index in [1.165, 1.54) is 12.8 Å². The minimum absolute atomic E-state index is 0.103. The van der Waals surface area contributed by atoms with Crippen molar-refractivity contribution in [3.8, 4) is 28.4 Å². The molecule has 0 radical (unpaired) electrons. The lowest BCUT2D eigenvalue weighted by Gasteiger charge is -2.18. The van der Waals surface area contributed by atoms with Gasteiger partial charge in [0.1, 0.15) is 17.2 Å². The molecule has 1 aliphatic heterocycles. The summed E-state index contributed by atoms with van der Waals surface area (Å²) < 4.78 is 18.1. The molecular weight excluding hydrogens is 392 g/mol. The van der Waals surface area contributed by atoms with E-state index in [1.807, 2.05) is 31.2 Å². The van der Waals surface area contributed by atoms with Gasteiger partial charge in [0, 0.05) is 28.8 Å². The van der Waals surface area contributed by atoms with Crippen molar-refractivity contribution in [2.75, 3.05) is 32.1 Å². The number of anilines is 1. The molecule has 0 bridgehead atoms. The molecule has 0 saturated carbocycles. The average molecular weight is 425 g/mol. The molecule has 166 valence electrons. The van der Waals surface area contributed by atoms with Crippen molar-refractivity contribution in [1.29, 1.82) is 0 Å². The molecule has 2 aromatic rings. The summed E-state index contributed by atoms with van der Waals surface area (Å²) in [6.45, 7) is 6.83. The molecule has 6 heteroatoms. The summed E-state index contributed by atoms with van der Waals surface area (Å²) in [5.41, 5.74) is 9.37. The minimum atomic E-state index is -0.103. The minimum Gasteiger partial charge on any atom is -0.493 e. The van der Waals surface area contributed by atoms with Crippen LogP contribution in [0, 0.1) is 0 Å². The molecule has 1 unspecified atom stereocenters. The number of fused-ring (bicyclic) bond motifs is 3. The van der Waals surface area contributed by atoms with Crippen LogP contribution in [-0.4, -0.2) is 38.2 Å². The molecule has 2 aromatic carbocycles. The van der Waals surface area contributed by atoms with Gasteiger partial charge in [-0.1, -0.05) is 26.0 Å². The van der Waals surface area contributed by atoms with E-state index in [0.717, 1.165) is 36.9 Å². The van der Waals surface area contributed by atoms with E-state index in [9.17, 15) is 4.79 Å². The molecule has 1 fully saturated rings. The molecule has 2 aliphatic rings. The Bertz CT molecular complexity index is 951. The number of ketones is 1. The summed E-state index contributed by atoms with van der Waals surface area (Å²) in [6, 6.07) is 7.94. The lowest BCUT2D eigenvalue weighted by Crippen LogP contribution is -2.23. The van der Waals surface area contributed by atoms with Crippen molar-refractivity contribution in [3.63, 3.8) is 0 Å². The molecule has 1 aliphatic carbocycles. The van der Waals surface area contributed by atoms with Gasteiger partial charge >= 0.3 is 0 Å². The van der Waals surface area contributed by atoms with Crippen LogP contribution < -0.4 is 25.3 Å². The van der Waals surface area contributed by atoms with Gasteiger partial charge in [-0.25, -0.2) is 0 Å². The monoisotopic (exact) mass is 424 g/mol. The Morgan fingerprint density at radius 2 is 1.71 bits per heavy atom. The fourth-order valence-electron chi connectivity index (χ4n) is 4.34. The van der Waals surface area contributed by atoms with Crippen LogP contribution in [0.5, 0.6) is 17.2 Å². The Kier molecular flexibility index (Phi) is 6.66. The number of nitrogens with one attached hydrogen (secondary N) is 1. The second-order valence-corrected chi connectivity index (χ2v) is 8.17. The van der Waals surface area contributed by atoms with Crippen LogP contribution in [0.1, 0.15) is 61.9 Å². The van der Waals surface area contributed by atoms with Crippen molar-refractivity contribution < 1.29 is 19.0 Å². The summed E-state index contributed by atoms with van der Waals surface area (Å²) in [5, 5.41) is 3.50. The van der Waals surface area contributed by atoms with E-state index >= 15 is 0 Å². The topological polar surface area (TPSA) is 82.8 Å². The Morgan fingerprint density at radius 1 is 0.968 bits per heavy atom. The predicted octanol–water partition coefficient (Wildman–Crippen LogP) is 4.58. The Hall–Kier alpha value is -2.73. The van der Waals surface area contributed by atoms with Crippen molar-refractivity contribution >= 4 is 11.5 Å². The first-order valence-electron chi connectivity index (χ1n) is 11.4. The molecule has 6 nitrogen and oxygen atoms in total. The van der Waals surface area contributed by atoms with Gasteiger partial charge in [-0.2, -0.15) is 0 Å². The summed E-state index contributed by atoms with van der Waals surface area (Å²) in [7, 11) is 0. The van der Waals surface area contributed by atoms with Gasteiger partial charge in [0.15, 0.2) is 5.78 Å². The number of nitrogen functional groups attached to an aromatic ring is 1. The number of hydrogen-bond donors (Lipinski definition) is 2. The van der Waals surface area contributed by atoms with Crippen LogP contribution in [0.4, 0.5) is 5.69 Å². The van der Waals surface area contributed by atoms with E-state index < -0.39 is 0 Å². The number of rotatable bonds is 10. The zero-order valence-corrected chi connectivity index (χ0v) is 18.5. The number of benzene rings is 2. The van der Waals surface area contributed by atoms with Crippen molar-refractivity contribution in [2.24, 2.45) is 0 Å². The van der Waals surface area contributed by atoms with Crippen LogP contribution in [0.15, 0.2) is 24.3 Å². The lowest BCUT2D eigenvalue weighted by atomic mass is 10.0. The maximum atomic E-state index is 13.3.